The van der Waals surface area contributed by atoms with Gasteiger partial charge in [-0.1, -0.05) is 48.0 Å². The maximum absolute atomic E-state index is 12.4. The summed E-state index contributed by atoms with van der Waals surface area (Å²) in [5.41, 5.74) is 0.991. The van der Waals surface area contributed by atoms with Gasteiger partial charge in [0.2, 0.25) is 0 Å². The van der Waals surface area contributed by atoms with Crippen LogP contribution in [0.3, 0.4) is 0 Å². The topological polar surface area (TPSA) is 81.7 Å². The second-order valence-corrected chi connectivity index (χ2v) is 8.78. The molecule has 1 atom stereocenters. The zero-order valence-corrected chi connectivity index (χ0v) is 16.7. The molecule has 7 heteroatoms. The minimum absolute atomic E-state index is 0.0668. The number of aryl methyl sites for hydroxylation is 1. The Bertz CT molecular complexity index is 855. The predicted molar refractivity (Wildman–Crippen MR) is 103 cm³/mol. The molecule has 2 aromatic carbocycles. The molecule has 0 spiro atoms. The molecule has 0 aliphatic rings. The molecule has 1 unspecified atom stereocenters. The van der Waals surface area contributed by atoms with Crippen LogP contribution in [0.5, 0.6) is 0 Å². The summed E-state index contributed by atoms with van der Waals surface area (Å²) in [6, 6.07) is 14.7. The minimum Gasteiger partial charge on any atom is -0.444 e. The Hall–Kier alpha value is -2.38. The van der Waals surface area contributed by atoms with Crippen molar-refractivity contribution in [1.29, 1.82) is 0 Å². The van der Waals surface area contributed by atoms with Crippen LogP contribution in [0.15, 0.2) is 59.5 Å². The lowest BCUT2D eigenvalue weighted by atomic mass is 10.1. The van der Waals surface area contributed by atoms with Gasteiger partial charge in [-0.15, -0.1) is 0 Å². The van der Waals surface area contributed by atoms with E-state index in [4.69, 9.17) is 8.92 Å². The van der Waals surface area contributed by atoms with Crippen LogP contribution in [-0.4, -0.2) is 26.7 Å². The molecule has 27 heavy (non-hydrogen) atoms. The van der Waals surface area contributed by atoms with Crippen molar-refractivity contribution in [3.05, 3.63) is 65.7 Å². The quantitative estimate of drug-likeness (QED) is 0.754. The van der Waals surface area contributed by atoms with Crippen molar-refractivity contribution >= 4 is 16.2 Å². The van der Waals surface area contributed by atoms with E-state index in [1.54, 1.807) is 57.2 Å². The second kappa shape index (κ2) is 8.54. The maximum Gasteiger partial charge on any atom is 0.408 e. The van der Waals surface area contributed by atoms with Gasteiger partial charge in [-0.2, -0.15) is 8.42 Å². The fourth-order valence-electron chi connectivity index (χ4n) is 2.29. The van der Waals surface area contributed by atoms with Gasteiger partial charge in [0.15, 0.2) is 0 Å². The summed E-state index contributed by atoms with van der Waals surface area (Å²) in [5.74, 6) is 0. The van der Waals surface area contributed by atoms with E-state index in [1.165, 1.54) is 12.1 Å². The van der Waals surface area contributed by atoms with Crippen molar-refractivity contribution < 1.29 is 22.1 Å². The molecule has 0 heterocycles. The van der Waals surface area contributed by atoms with Crippen molar-refractivity contribution in [2.75, 3.05) is 6.61 Å². The number of hydrogen-bond acceptors (Lipinski definition) is 5. The summed E-state index contributed by atoms with van der Waals surface area (Å²) >= 11 is 0. The highest BCUT2D eigenvalue weighted by Gasteiger charge is 2.23. The van der Waals surface area contributed by atoms with Gasteiger partial charge in [-0.3, -0.25) is 4.18 Å². The van der Waals surface area contributed by atoms with Crippen LogP contribution >= 0.6 is 0 Å². The molecule has 6 nitrogen and oxygen atoms in total. The highest BCUT2D eigenvalue weighted by molar-refractivity contribution is 7.86. The molecule has 2 rings (SSSR count). The van der Waals surface area contributed by atoms with E-state index in [0.29, 0.717) is 5.56 Å². The van der Waals surface area contributed by atoms with Crippen LogP contribution in [0.2, 0.25) is 0 Å². The third-order valence-corrected chi connectivity index (χ3v) is 4.89. The van der Waals surface area contributed by atoms with Crippen molar-refractivity contribution in [3.8, 4) is 0 Å². The Balaban J connectivity index is 2.14. The molecule has 0 bridgehead atoms. The fraction of sp³-hybridized carbons (Fsp3) is 0.350. The van der Waals surface area contributed by atoms with Gasteiger partial charge in [-0.05, 0) is 45.4 Å². The molecule has 146 valence electrons. The summed E-state index contributed by atoms with van der Waals surface area (Å²) in [5, 5.41) is 2.67. The third kappa shape index (κ3) is 6.69. The fourth-order valence-corrected chi connectivity index (χ4v) is 3.21. The van der Waals surface area contributed by atoms with Crippen LogP contribution in [0.1, 0.15) is 37.9 Å². The van der Waals surface area contributed by atoms with E-state index in [2.05, 4.69) is 5.32 Å². The number of ether oxygens (including phenoxy) is 1. The first-order valence-electron chi connectivity index (χ1n) is 8.57. The van der Waals surface area contributed by atoms with Gasteiger partial charge < -0.3 is 10.1 Å². The van der Waals surface area contributed by atoms with E-state index in [1.807, 2.05) is 13.0 Å². The molecular formula is C20H25NO5S. The zero-order valence-electron chi connectivity index (χ0n) is 15.9. The Kier molecular flexibility index (Phi) is 6.62. The summed E-state index contributed by atoms with van der Waals surface area (Å²) in [7, 11) is -3.94. The molecule has 0 radical (unpaired) electrons. The van der Waals surface area contributed by atoms with Gasteiger partial charge >= 0.3 is 6.09 Å². The monoisotopic (exact) mass is 391 g/mol. The molecule has 0 saturated heterocycles. The SMILES string of the molecule is Cc1ccc(S(=O)(=O)OCC(NC(=O)OC(C)(C)C)c2ccccc2)cc1. The molecule has 0 aliphatic heterocycles. The van der Waals surface area contributed by atoms with E-state index < -0.39 is 27.9 Å². The molecule has 0 fully saturated rings. The van der Waals surface area contributed by atoms with Gasteiger partial charge in [0.05, 0.1) is 17.5 Å². The van der Waals surface area contributed by atoms with Gasteiger partial charge in [0.25, 0.3) is 10.1 Å². The molecule has 0 aromatic heterocycles. The summed E-state index contributed by atoms with van der Waals surface area (Å²) in [4.78, 5) is 12.2. The zero-order chi connectivity index (χ0) is 20.1. The van der Waals surface area contributed by atoms with Crippen molar-refractivity contribution in [3.63, 3.8) is 0 Å². The number of benzene rings is 2. The van der Waals surface area contributed by atoms with E-state index in [-0.39, 0.29) is 11.5 Å². The molecule has 2 aromatic rings. The molecule has 1 amide bonds. The molecular weight excluding hydrogens is 366 g/mol. The highest BCUT2D eigenvalue weighted by Crippen LogP contribution is 2.19. The number of alkyl carbamates (subject to hydrolysis) is 1. The number of hydrogen-bond donors (Lipinski definition) is 1. The minimum atomic E-state index is -3.94. The number of nitrogens with one attached hydrogen (secondary N) is 1. The standard InChI is InChI=1S/C20H25NO5S/c1-15-10-12-17(13-11-15)27(23,24)25-14-18(16-8-6-5-7-9-16)21-19(22)26-20(2,3)4/h5-13,18H,14H2,1-4H3,(H,21,22). The summed E-state index contributed by atoms with van der Waals surface area (Å²) in [6.07, 6.45) is -0.646. The average molecular weight is 391 g/mol. The van der Waals surface area contributed by atoms with Gasteiger partial charge in [0, 0.05) is 0 Å². The number of carbonyl (C=O) groups is 1. The van der Waals surface area contributed by atoms with Crippen LogP contribution < -0.4 is 5.32 Å². The average Bonchev–Trinajstić information content (AvgIpc) is 2.58. The maximum atomic E-state index is 12.4. The molecule has 1 N–H and O–H groups in total. The second-order valence-electron chi connectivity index (χ2n) is 7.16. The Morgan fingerprint density at radius 1 is 1.04 bits per heavy atom. The molecule has 0 aliphatic carbocycles. The van der Waals surface area contributed by atoms with Crippen molar-refractivity contribution in [1.82, 2.24) is 5.32 Å². The van der Waals surface area contributed by atoms with Crippen LogP contribution in [-0.2, 0) is 19.0 Å². The van der Waals surface area contributed by atoms with Crippen LogP contribution in [0, 0.1) is 6.92 Å². The molecule has 0 saturated carbocycles. The Morgan fingerprint density at radius 2 is 1.63 bits per heavy atom. The largest absolute Gasteiger partial charge is 0.444 e. The number of amides is 1. The first kappa shape index (κ1) is 20.9. The Labute approximate surface area is 160 Å². The Morgan fingerprint density at radius 3 is 2.19 bits per heavy atom. The van der Waals surface area contributed by atoms with Crippen LogP contribution in [0.25, 0.3) is 0 Å². The lowest BCUT2D eigenvalue weighted by Gasteiger charge is -2.23. The predicted octanol–water partition coefficient (Wildman–Crippen LogP) is 3.97. The normalized spacial score (nSPS) is 13.0. The first-order valence-corrected chi connectivity index (χ1v) is 9.98. The lowest BCUT2D eigenvalue weighted by Crippen LogP contribution is -2.37. The summed E-state index contributed by atoms with van der Waals surface area (Å²) in [6.45, 7) is 6.88. The van der Waals surface area contributed by atoms with E-state index in [0.717, 1.165) is 5.56 Å². The van der Waals surface area contributed by atoms with Gasteiger partial charge in [-0.25, -0.2) is 4.79 Å². The van der Waals surface area contributed by atoms with Crippen molar-refractivity contribution in [2.24, 2.45) is 0 Å². The van der Waals surface area contributed by atoms with Crippen molar-refractivity contribution in [2.45, 2.75) is 44.2 Å². The highest BCUT2D eigenvalue weighted by atomic mass is 32.2. The summed E-state index contributed by atoms with van der Waals surface area (Å²) < 4.78 is 35.3. The number of rotatable bonds is 6. The first-order chi connectivity index (χ1) is 12.6. The van der Waals surface area contributed by atoms with E-state index in [9.17, 15) is 13.2 Å². The smallest absolute Gasteiger partial charge is 0.408 e. The van der Waals surface area contributed by atoms with Gasteiger partial charge in [0.1, 0.15) is 5.60 Å². The van der Waals surface area contributed by atoms with Crippen LogP contribution in [0.4, 0.5) is 4.79 Å². The third-order valence-electron chi connectivity index (χ3n) is 3.59. The van der Waals surface area contributed by atoms with E-state index >= 15 is 0 Å². The lowest BCUT2D eigenvalue weighted by molar-refractivity contribution is 0.0487. The number of carbonyl (C=O) groups excluding carboxylic acids is 1.